The molecule has 0 bridgehead atoms. The first kappa shape index (κ1) is 9.95. The normalized spacial score (nSPS) is 11.1. The largest absolute Gasteiger partial charge is 0.0830 e. The Balaban J connectivity index is 2.67. The minimum absolute atomic E-state index is 0.722. The maximum Gasteiger partial charge on any atom is 0.0564 e. The van der Waals surface area contributed by atoms with E-state index < -0.39 is 0 Å². The van der Waals surface area contributed by atoms with Gasteiger partial charge in [0.15, 0.2) is 0 Å². The number of rotatable bonds is 0. The van der Waals surface area contributed by atoms with E-state index in [1.807, 2.05) is 36.4 Å². The molecular formula is C14H6Cl2. The highest BCUT2D eigenvalue weighted by molar-refractivity contribution is 6.47. The smallest absolute Gasteiger partial charge is 0.0564 e. The molecule has 3 aromatic rings. The van der Waals surface area contributed by atoms with Gasteiger partial charge in [-0.05, 0) is 24.3 Å². The van der Waals surface area contributed by atoms with Crippen molar-refractivity contribution < 1.29 is 0 Å². The minimum atomic E-state index is 0.722. The lowest BCUT2D eigenvalue weighted by Crippen LogP contribution is -1.81. The molecule has 0 atom stereocenters. The topological polar surface area (TPSA) is 0 Å². The Bertz CT molecular complexity index is 570. The molecule has 0 heterocycles. The van der Waals surface area contributed by atoms with Crippen LogP contribution in [0.5, 0.6) is 0 Å². The van der Waals surface area contributed by atoms with Gasteiger partial charge in [0.2, 0.25) is 0 Å². The van der Waals surface area contributed by atoms with Gasteiger partial charge in [-0.2, -0.15) is 0 Å². The second-order valence-corrected chi connectivity index (χ2v) is 4.33. The summed E-state index contributed by atoms with van der Waals surface area (Å²) in [5.74, 6) is 0. The highest BCUT2D eigenvalue weighted by atomic mass is 35.5. The molecule has 0 spiro atoms. The maximum atomic E-state index is 6.35. The average Bonchev–Trinajstić information content (AvgIpc) is 2.36. The Morgan fingerprint density at radius 3 is 1.56 bits per heavy atom. The average molecular weight is 245 g/mol. The number of benzene rings is 3. The first-order valence-electron chi connectivity index (χ1n) is 4.85. The van der Waals surface area contributed by atoms with Gasteiger partial charge in [-0.15, -0.1) is 0 Å². The SMILES string of the molecule is Clc1c2c[c]ccc2c(Cl)c2c[c]ccc12. The third kappa shape index (κ3) is 1.31. The van der Waals surface area contributed by atoms with E-state index in [0.717, 1.165) is 31.6 Å². The van der Waals surface area contributed by atoms with Crippen molar-refractivity contribution in [3.8, 4) is 0 Å². The fourth-order valence-corrected chi connectivity index (χ4v) is 2.54. The lowest BCUT2D eigenvalue weighted by atomic mass is 10.0. The molecule has 3 rings (SSSR count). The van der Waals surface area contributed by atoms with Gasteiger partial charge in [-0.3, -0.25) is 0 Å². The van der Waals surface area contributed by atoms with Crippen LogP contribution in [0, 0.1) is 12.1 Å². The van der Waals surface area contributed by atoms with Gasteiger partial charge in [0.25, 0.3) is 0 Å². The Morgan fingerprint density at radius 2 is 1.12 bits per heavy atom. The molecule has 0 saturated heterocycles. The molecule has 0 nitrogen and oxygen atoms in total. The molecule has 0 saturated carbocycles. The number of hydrogen-bond acceptors (Lipinski definition) is 0. The quantitative estimate of drug-likeness (QED) is 0.494. The molecule has 0 aliphatic carbocycles. The first-order chi connectivity index (χ1) is 7.79. The van der Waals surface area contributed by atoms with Crippen molar-refractivity contribution in [3.05, 3.63) is 58.6 Å². The van der Waals surface area contributed by atoms with E-state index in [2.05, 4.69) is 12.1 Å². The Morgan fingerprint density at radius 1 is 0.688 bits per heavy atom. The van der Waals surface area contributed by atoms with Crippen LogP contribution in [0.15, 0.2) is 36.4 Å². The van der Waals surface area contributed by atoms with E-state index in [-0.39, 0.29) is 0 Å². The van der Waals surface area contributed by atoms with Crippen LogP contribution in [-0.4, -0.2) is 0 Å². The molecule has 0 N–H and O–H groups in total. The summed E-state index contributed by atoms with van der Waals surface area (Å²) in [6.07, 6.45) is 0. The van der Waals surface area contributed by atoms with E-state index in [0.29, 0.717) is 0 Å². The summed E-state index contributed by atoms with van der Waals surface area (Å²) >= 11 is 12.7. The Hall–Kier alpha value is -1.24. The molecular weight excluding hydrogens is 239 g/mol. The van der Waals surface area contributed by atoms with Gasteiger partial charge in [0.05, 0.1) is 10.0 Å². The van der Waals surface area contributed by atoms with Crippen LogP contribution in [0.1, 0.15) is 0 Å². The number of fused-ring (bicyclic) bond motifs is 2. The lowest BCUT2D eigenvalue weighted by molar-refractivity contribution is 1.74. The molecule has 0 unspecified atom stereocenters. The summed E-state index contributed by atoms with van der Waals surface area (Å²) in [4.78, 5) is 0. The van der Waals surface area contributed by atoms with E-state index in [9.17, 15) is 0 Å². The zero-order valence-corrected chi connectivity index (χ0v) is 9.73. The highest BCUT2D eigenvalue weighted by Crippen LogP contribution is 2.38. The Kier molecular flexibility index (Phi) is 2.27. The summed E-state index contributed by atoms with van der Waals surface area (Å²) < 4.78 is 0. The number of hydrogen-bond donors (Lipinski definition) is 0. The van der Waals surface area contributed by atoms with Crippen LogP contribution in [0.3, 0.4) is 0 Å². The van der Waals surface area contributed by atoms with Gasteiger partial charge in [0, 0.05) is 21.5 Å². The fraction of sp³-hybridized carbons (Fsp3) is 0. The third-order valence-electron chi connectivity index (χ3n) is 2.67. The van der Waals surface area contributed by atoms with Crippen LogP contribution in [0.2, 0.25) is 10.0 Å². The molecule has 76 valence electrons. The van der Waals surface area contributed by atoms with Crippen molar-refractivity contribution in [2.75, 3.05) is 0 Å². The van der Waals surface area contributed by atoms with Gasteiger partial charge in [0.1, 0.15) is 0 Å². The molecule has 16 heavy (non-hydrogen) atoms. The summed E-state index contributed by atoms with van der Waals surface area (Å²) in [6, 6.07) is 17.3. The molecule has 2 heteroatoms. The van der Waals surface area contributed by atoms with Crippen molar-refractivity contribution in [1.82, 2.24) is 0 Å². The first-order valence-corrected chi connectivity index (χ1v) is 5.61. The van der Waals surface area contributed by atoms with Crippen molar-refractivity contribution >= 4 is 44.7 Å². The van der Waals surface area contributed by atoms with Crippen LogP contribution < -0.4 is 0 Å². The summed E-state index contributed by atoms with van der Waals surface area (Å²) in [6.45, 7) is 0. The van der Waals surface area contributed by atoms with Crippen LogP contribution in [0.4, 0.5) is 0 Å². The monoisotopic (exact) mass is 244 g/mol. The zero-order valence-electron chi connectivity index (χ0n) is 8.22. The standard InChI is InChI=1S/C14H6Cl2/c15-13-9-5-1-2-6-10(9)14(16)12-8-4-3-7-11(12)13/h1,4-8H. The van der Waals surface area contributed by atoms with Gasteiger partial charge in [-0.1, -0.05) is 47.5 Å². The molecule has 0 aliphatic rings. The van der Waals surface area contributed by atoms with E-state index in [1.165, 1.54) is 0 Å². The highest BCUT2D eigenvalue weighted by Gasteiger charge is 2.09. The van der Waals surface area contributed by atoms with Gasteiger partial charge >= 0.3 is 0 Å². The summed E-state index contributed by atoms with van der Waals surface area (Å²) in [5, 5.41) is 5.23. The molecule has 0 fully saturated rings. The Labute approximate surface area is 103 Å². The van der Waals surface area contributed by atoms with Crippen molar-refractivity contribution in [2.24, 2.45) is 0 Å². The van der Waals surface area contributed by atoms with Crippen molar-refractivity contribution in [2.45, 2.75) is 0 Å². The van der Waals surface area contributed by atoms with E-state index in [4.69, 9.17) is 23.2 Å². The lowest BCUT2D eigenvalue weighted by Gasteiger charge is -2.08. The van der Waals surface area contributed by atoms with Crippen LogP contribution in [-0.2, 0) is 0 Å². The minimum Gasteiger partial charge on any atom is -0.0830 e. The fourth-order valence-electron chi connectivity index (χ4n) is 1.90. The summed E-state index contributed by atoms with van der Waals surface area (Å²) in [7, 11) is 0. The van der Waals surface area contributed by atoms with Crippen molar-refractivity contribution in [1.29, 1.82) is 0 Å². The van der Waals surface area contributed by atoms with Gasteiger partial charge < -0.3 is 0 Å². The van der Waals surface area contributed by atoms with E-state index in [1.54, 1.807) is 0 Å². The maximum absolute atomic E-state index is 6.35. The third-order valence-corrected chi connectivity index (χ3v) is 3.49. The van der Waals surface area contributed by atoms with Crippen molar-refractivity contribution in [3.63, 3.8) is 0 Å². The van der Waals surface area contributed by atoms with Crippen LogP contribution in [0.25, 0.3) is 21.5 Å². The zero-order chi connectivity index (χ0) is 11.1. The molecule has 3 aromatic carbocycles. The molecule has 0 aliphatic heterocycles. The second-order valence-electron chi connectivity index (χ2n) is 3.57. The molecule has 0 aromatic heterocycles. The predicted molar refractivity (Wildman–Crippen MR) is 69.1 cm³/mol. The van der Waals surface area contributed by atoms with Gasteiger partial charge in [-0.25, -0.2) is 0 Å². The number of halogens is 2. The molecule has 0 amide bonds. The van der Waals surface area contributed by atoms with E-state index >= 15 is 0 Å². The predicted octanol–water partition coefficient (Wildman–Crippen LogP) is 4.90. The molecule has 2 radical (unpaired) electrons. The van der Waals surface area contributed by atoms with Crippen LogP contribution >= 0.6 is 23.2 Å². The summed E-state index contributed by atoms with van der Waals surface area (Å²) in [5.41, 5.74) is 0. The second kappa shape index (κ2) is 3.65.